The zero-order valence-electron chi connectivity index (χ0n) is 14.5. The molecule has 4 nitrogen and oxygen atoms in total. The molecule has 130 valence electrons. The van der Waals surface area contributed by atoms with Gasteiger partial charge in [-0.1, -0.05) is 30.3 Å². The molecule has 24 heavy (non-hydrogen) atoms. The maximum absolute atomic E-state index is 10.3. The van der Waals surface area contributed by atoms with Crippen molar-refractivity contribution in [3.8, 4) is 11.5 Å². The summed E-state index contributed by atoms with van der Waals surface area (Å²) in [5, 5.41) is 10.3. The molecule has 1 fully saturated rings. The summed E-state index contributed by atoms with van der Waals surface area (Å²) in [6, 6.07) is 15.9. The molecule has 2 aromatic rings. The third kappa shape index (κ3) is 4.98. The van der Waals surface area contributed by atoms with Gasteiger partial charge < -0.3 is 20.7 Å². The molecule has 1 saturated carbocycles. The predicted octanol–water partition coefficient (Wildman–Crippen LogP) is 4.28. The lowest BCUT2D eigenvalue weighted by Crippen LogP contribution is -2.34. The molecule has 4 N–H and O–H groups in total. The Morgan fingerprint density at radius 2 is 1.67 bits per heavy atom. The Hall–Kier alpha value is -2.04. The molecular formula is C20H27NO3. The van der Waals surface area contributed by atoms with E-state index >= 15 is 0 Å². The number of hydrogen-bond donors (Lipinski definition) is 2. The average molecular weight is 329 g/mol. The third-order valence-corrected chi connectivity index (χ3v) is 4.26. The number of aliphatic hydroxyl groups is 1. The van der Waals surface area contributed by atoms with Crippen LogP contribution in [-0.2, 0) is 6.61 Å². The number of ether oxygens (including phenoxy) is 2. The number of rotatable bonds is 7. The molecule has 0 saturated heterocycles. The molecule has 0 radical (unpaired) electrons. The molecule has 3 rings (SSSR count). The summed E-state index contributed by atoms with van der Waals surface area (Å²) in [5.41, 5.74) is 1.47. The first-order valence-electron chi connectivity index (χ1n) is 8.16. The Balaban J connectivity index is 0.00000208. The van der Waals surface area contributed by atoms with E-state index in [1.165, 1.54) is 0 Å². The van der Waals surface area contributed by atoms with E-state index in [4.69, 9.17) is 9.47 Å². The van der Waals surface area contributed by atoms with E-state index in [1.807, 2.05) is 62.4 Å². The second kappa shape index (κ2) is 7.69. The van der Waals surface area contributed by atoms with Gasteiger partial charge >= 0.3 is 0 Å². The Kier molecular flexibility index (Phi) is 5.86. The molecule has 1 unspecified atom stereocenters. The lowest BCUT2D eigenvalue weighted by molar-refractivity contribution is -0.00771. The minimum absolute atomic E-state index is 0. The van der Waals surface area contributed by atoms with Crippen molar-refractivity contribution in [3.05, 3.63) is 59.7 Å². The smallest absolute Gasteiger partial charge is 0.123 e. The standard InChI is InChI=1S/C20H24O3.H3N/c1-15-10-18(22-13-16-6-4-3-5-7-16)12-19(11-15)23-14-20(2,21)17-8-9-17;/h3-7,10-12,17,21H,8-9,13-14H2,1-2H3;1H3. The molecule has 1 aliphatic rings. The van der Waals surface area contributed by atoms with Crippen LogP contribution in [0, 0.1) is 12.8 Å². The average Bonchev–Trinajstić information content (AvgIpc) is 3.37. The van der Waals surface area contributed by atoms with Crippen molar-refractivity contribution in [2.75, 3.05) is 6.61 Å². The highest BCUT2D eigenvalue weighted by molar-refractivity contribution is 5.38. The highest BCUT2D eigenvalue weighted by atomic mass is 16.5. The molecule has 0 aliphatic heterocycles. The second-order valence-electron chi connectivity index (χ2n) is 6.68. The van der Waals surface area contributed by atoms with Crippen molar-refractivity contribution in [3.63, 3.8) is 0 Å². The van der Waals surface area contributed by atoms with E-state index < -0.39 is 5.60 Å². The van der Waals surface area contributed by atoms with Crippen LogP contribution in [0.15, 0.2) is 48.5 Å². The van der Waals surface area contributed by atoms with Gasteiger partial charge in [0.25, 0.3) is 0 Å². The minimum atomic E-state index is -0.741. The van der Waals surface area contributed by atoms with Gasteiger partial charge in [-0.05, 0) is 55.9 Å². The molecule has 0 bridgehead atoms. The Morgan fingerprint density at radius 1 is 1.04 bits per heavy atom. The van der Waals surface area contributed by atoms with Crippen molar-refractivity contribution in [1.29, 1.82) is 0 Å². The minimum Gasteiger partial charge on any atom is -0.490 e. The van der Waals surface area contributed by atoms with Crippen LogP contribution in [0.5, 0.6) is 11.5 Å². The summed E-state index contributed by atoms with van der Waals surface area (Å²) in [6.07, 6.45) is 2.19. The second-order valence-corrected chi connectivity index (χ2v) is 6.68. The van der Waals surface area contributed by atoms with Crippen molar-refractivity contribution in [2.45, 2.75) is 38.9 Å². The van der Waals surface area contributed by atoms with Crippen molar-refractivity contribution in [2.24, 2.45) is 5.92 Å². The molecule has 0 heterocycles. The van der Waals surface area contributed by atoms with Gasteiger partial charge in [0.15, 0.2) is 0 Å². The summed E-state index contributed by atoms with van der Waals surface area (Å²) >= 11 is 0. The van der Waals surface area contributed by atoms with Gasteiger partial charge in [0, 0.05) is 6.07 Å². The van der Waals surface area contributed by atoms with Gasteiger partial charge in [-0.25, -0.2) is 0 Å². The SMILES string of the molecule is Cc1cc(OCc2ccccc2)cc(OCC(C)(O)C2CC2)c1.N. The molecule has 0 spiro atoms. The quantitative estimate of drug-likeness (QED) is 0.795. The third-order valence-electron chi connectivity index (χ3n) is 4.26. The molecule has 0 amide bonds. The van der Waals surface area contributed by atoms with E-state index in [9.17, 15) is 5.11 Å². The van der Waals surface area contributed by atoms with Crippen LogP contribution in [0.2, 0.25) is 0 Å². The van der Waals surface area contributed by atoms with Crippen LogP contribution in [0.4, 0.5) is 0 Å². The van der Waals surface area contributed by atoms with Crippen molar-refractivity contribution in [1.82, 2.24) is 6.15 Å². The Labute approximate surface area is 144 Å². The van der Waals surface area contributed by atoms with E-state index in [-0.39, 0.29) is 6.15 Å². The zero-order chi connectivity index (χ0) is 16.3. The topological polar surface area (TPSA) is 73.7 Å². The van der Waals surface area contributed by atoms with Gasteiger partial charge in [0.05, 0.1) is 5.60 Å². The summed E-state index contributed by atoms with van der Waals surface area (Å²) in [7, 11) is 0. The monoisotopic (exact) mass is 329 g/mol. The molecule has 0 aromatic heterocycles. The van der Waals surface area contributed by atoms with Crippen molar-refractivity contribution < 1.29 is 14.6 Å². The maximum atomic E-state index is 10.3. The largest absolute Gasteiger partial charge is 0.490 e. The summed E-state index contributed by atoms with van der Waals surface area (Å²) in [4.78, 5) is 0. The van der Waals surface area contributed by atoms with E-state index in [2.05, 4.69) is 0 Å². The van der Waals surface area contributed by atoms with E-state index in [0.29, 0.717) is 19.1 Å². The molecule has 2 aromatic carbocycles. The van der Waals surface area contributed by atoms with Crippen LogP contribution in [0.25, 0.3) is 0 Å². The Bertz CT molecular complexity index is 651. The molecule has 1 aliphatic carbocycles. The predicted molar refractivity (Wildman–Crippen MR) is 95.8 cm³/mol. The molecular weight excluding hydrogens is 302 g/mol. The maximum Gasteiger partial charge on any atom is 0.123 e. The van der Waals surface area contributed by atoms with Crippen LogP contribution in [-0.4, -0.2) is 17.3 Å². The fourth-order valence-corrected chi connectivity index (χ4v) is 2.67. The van der Waals surface area contributed by atoms with Crippen molar-refractivity contribution >= 4 is 0 Å². The zero-order valence-corrected chi connectivity index (χ0v) is 14.5. The van der Waals surface area contributed by atoms with Crippen LogP contribution in [0.1, 0.15) is 30.9 Å². The first-order valence-corrected chi connectivity index (χ1v) is 8.16. The fraction of sp³-hybridized carbons (Fsp3) is 0.400. The van der Waals surface area contributed by atoms with Crippen LogP contribution < -0.4 is 15.6 Å². The first-order chi connectivity index (χ1) is 11.0. The van der Waals surface area contributed by atoms with Gasteiger partial charge in [0.1, 0.15) is 24.7 Å². The normalized spacial score (nSPS) is 16.0. The van der Waals surface area contributed by atoms with E-state index in [0.717, 1.165) is 35.5 Å². The lowest BCUT2D eigenvalue weighted by Gasteiger charge is -2.23. The summed E-state index contributed by atoms with van der Waals surface area (Å²) in [5.74, 6) is 1.91. The first kappa shape index (κ1) is 18.3. The number of benzene rings is 2. The summed E-state index contributed by atoms with van der Waals surface area (Å²) in [6.45, 7) is 4.72. The highest BCUT2D eigenvalue weighted by Gasteiger charge is 2.40. The molecule has 1 atom stereocenters. The molecule has 4 heteroatoms. The Morgan fingerprint density at radius 3 is 2.29 bits per heavy atom. The van der Waals surface area contributed by atoms with Gasteiger partial charge in [-0.3, -0.25) is 0 Å². The van der Waals surface area contributed by atoms with Gasteiger partial charge in [0.2, 0.25) is 0 Å². The number of hydrogen-bond acceptors (Lipinski definition) is 4. The fourth-order valence-electron chi connectivity index (χ4n) is 2.67. The summed E-state index contributed by atoms with van der Waals surface area (Å²) < 4.78 is 11.7. The van der Waals surface area contributed by atoms with Gasteiger partial charge in [-0.2, -0.15) is 0 Å². The van der Waals surface area contributed by atoms with Crippen LogP contribution in [0.3, 0.4) is 0 Å². The van der Waals surface area contributed by atoms with Gasteiger partial charge in [-0.15, -0.1) is 0 Å². The lowest BCUT2D eigenvalue weighted by atomic mass is 10.0. The number of aryl methyl sites for hydroxylation is 1. The van der Waals surface area contributed by atoms with Crippen LogP contribution >= 0.6 is 0 Å². The highest BCUT2D eigenvalue weighted by Crippen LogP contribution is 2.39. The van der Waals surface area contributed by atoms with E-state index in [1.54, 1.807) is 0 Å².